The molecule has 2 N–H and O–H groups in total. The first-order valence-electron chi connectivity index (χ1n) is 7.82. The summed E-state index contributed by atoms with van der Waals surface area (Å²) in [6.07, 6.45) is 0. The quantitative estimate of drug-likeness (QED) is 0.856. The maximum absolute atomic E-state index is 12.3. The molecule has 1 fully saturated rings. The fourth-order valence-corrected chi connectivity index (χ4v) is 3.13. The van der Waals surface area contributed by atoms with Gasteiger partial charge in [-0.2, -0.15) is 0 Å². The smallest absolute Gasteiger partial charge is 0.315 e. The number of hydrogen-bond donors (Lipinski definition) is 2. The zero-order valence-electron chi connectivity index (χ0n) is 13.2. The average Bonchev–Trinajstić information content (AvgIpc) is 2.53. The number of amides is 2. The second-order valence-electron chi connectivity index (χ2n) is 5.77. The molecule has 1 saturated heterocycles. The Morgan fingerprint density at radius 3 is 2.61 bits per heavy atom. The number of hydrogen-bond acceptors (Lipinski definition) is 3. The van der Waals surface area contributed by atoms with Gasteiger partial charge in [0.1, 0.15) is 5.92 Å². The largest absolute Gasteiger partial charge is 0.466 e. The number of carbonyl (C=O) groups is 2. The molecule has 3 atom stereocenters. The molecule has 3 rings (SSSR count). The van der Waals surface area contributed by atoms with E-state index in [1.165, 1.54) is 0 Å². The second-order valence-corrected chi connectivity index (χ2v) is 5.77. The Morgan fingerprint density at radius 2 is 1.87 bits per heavy atom. The fraction of sp³-hybridized carbons (Fsp3) is 0.333. The third kappa shape index (κ3) is 2.99. The molecule has 2 aromatic rings. The monoisotopic (exact) mass is 312 g/mol. The summed E-state index contributed by atoms with van der Waals surface area (Å²) in [4.78, 5) is 24.2. The van der Waals surface area contributed by atoms with Gasteiger partial charge in [0.2, 0.25) is 0 Å². The molecule has 2 amide bonds. The molecule has 2 aromatic carbocycles. The van der Waals surface area contributed by atoms with E-state index in [1.54, 1.807) is 6.92 Å². The molecule has 3 unspecified atom stereocenters. The Kier molecular flexibility index (Phi) is 4.19. The van der Waals surface area contributed by atoms with Gasteiger partial charge in [0.15, 0.2) is 0 Å². The maximum atomic E-state index is 12.3. The van der Waals surface area contributed by atoms with E-state index in [9.17, 15) is 9.59 Å². The summed E-state index contributed by atoms with van der Waals surface area (Å²) >= 11 is 0. The predicted octanol–water partition coefficient (Wildman–Crippen LogP) is 2.76. The van der Waals surface area contributed by atoms with E-state index in [4.69, 9.17) is 4.74 Å². The van der Waals surface area contributed by atoms with Crippen molar-refractivity contribution >= 4 is 22.8 Å². The normalized spacial score (nSPS) is 23.9. The van der Waals surface area contributed by atoms with Crippen LogP contribution in [-0.2, 0) is 9.53 Å². The minimum atomic E-state index is -0.464. The molecule has 23 heavy (non-hydrogen) atoms. The lowest BCUT2D eigenvalue weighted by Gasteiger charge is -2.36. The van der Waals surface area contributed by atoms with E-state index < -0.39 is 12.0 Å². The third-order valence-corrected chi connectivity index (χ3v) is 4.23. The van der Waals surface area contributed by atoms with Crippen LogP contribution in [0.3, 0.4) is 0 Å². The summed E-state index contributed by atoms with van der Waals surface area (Å²) in [5, 5.41) is 7.82. The van der Waals surface area contributed by atoms with Crippen LogP contribution < -0.4 is 10.6 Å². The lowest BCUT2D eigenvalue weighted by Crippen LogP contribution is -2.57. The highest BCUT2D eigenvalue weighted by molar-refractivity contribution is 5.85. The molecule has 0 saturated carbocycles. The van der Waals surface area contributed by atoms with E-state index in [2.05, 4.69) is 10.6 Å². The Labute approximate surface area is 135 Å². The van der Waals surface area contributed by atoms with Crippen LogP contribution >= 0.6 is 0 Å². The molecule has 5 heteroatoms. The molecule has 0 radical (unpaired) electrons. The first-order chi connectivity index (χ1) is 11.1. The molecule has 1 heterocycles. The second kappa shape index (κ2) is 6.28. The van der Waals surface area contributed by atoms with Crippen molar-refractivity contribution in [2.75, 3.05) is 6.61 Å². The van der Waals surface area contributed by atoms with Crippen LogP contribution in [0.1, 0.15) is 25.5 Å². The third-order valence-electron chi connectivity index (χ3n) is 4.23. The van der Waals surface area contributed by atoms with E-state index in [0.29, 0.717) is 6.61 Å². The predicted molar refractivity (Wildman–Crippen MR) is 87.9 cm³/mol. The van der Waals surface area contributed by atoms with Crippen molar-refractivity contribution < 1.29 is 14.3 Å². The van der Waals surface area contributed by atoms with Gasteiger partial charge in [0.05, 0.1) is 12.6 Å². The van der Waals surface area contributed by atoms with Crippen molar-refractivity contribution in [2.24, 2.45) is 5.92 Å². The summed E-state index contributed by atoms with van der Waals surface area (Å²) in [7, 11) is 0. The fourth-order valence-electron chi connectivity index (χ4n) is 3.13. The van der Waals surface area contributed by atoms with Crippen LogP contribution in [0.25, 0.3) is 10.8 Å². The van der Waals surface area contributed by atoms with Crippen molar-refractivity contribution in [3.05, 3.63) is 48.0 Å². The zero-order chi connectivity index (χ0) is 16.4. The van der Waals surface area contributed by atoms with Gasteiger partial charge in [-0.1, -0.05) is 36.4 Å². The van der Waals surface area contributed by atoms with Crippen molar-refractivity contribution in [3.8, 4) is 0 Å². The minimum Gasteiger partial charge on any atom is -0.466 e. The maximum Gasteiger partial charge on any atom is 0.315 e. The van der Waals surface area contributed by atoms with Crippen molar-refractivity contribution in [1.29, 1.82) is 0 Å². The number of fused-ring (bicyclic) bond motifs is 1. The molecule has 5 nitrogen and oxygen atoms in total. The number of esters is 1. The molecule has 1 aliphatic rings. The van der Waals surface area contributed by atoms with Gasteiger partial charge in [0, 0.05) is 6.04 Å². The summed E-state index contributed by atoms with van der Waals surface area (Å²) < 4.78 is 5.20. The summed E-state index contributed by atoms with van der Waals surface area (Å²) in [6, 6.07) is 13.0. The molecular weight excluding hydrogens is 292 g/mol. The average molecular weight is 312 g/mol. The molecule has 0 aromatic heterocycles. The first-order valence-corrected chi connectivity index (χ1v) is 7.82. The number of ether oxygens (including phenoxy) is 1. The van der Waals surface area contributed by atoms with Gasteiger partial charge in [-0.15, -0.1) is 0 Å². The number of benzene rings is 2. The van der Waals surface area contributed by atoms with Crippen LogP contribution in [0.2, 0.25) is 0 Å². The van der Waals surface area contributed by atoms with Crippen LogP contribution in [-0.4, -0.2) is 24.6 Å². The number of nitrogens with one attached hydrogen (secondary N) is 2. The standard InChI is InChI=1S/C18H20N2O3/c1-3-23-17(21)15-11(2)19-18(22)20-16(15)14-9-8-12-6-4-5-7-13(12)10-14/h4-11,15-16H,3H2,1-2H3,(H2,19,20,22). The Morgan fingerprint density at radius 1 is 1.13 bits per heavy atom. The highest BCUT2D eigenvalue weighted by atomic mass is 16.5. The van der Waals surface area contributed by atoms with E-state index in [-0.39, 0.29) is 18.0 Å². The van der Waals surface area contributed by atoms with Gasteiger partial charge < -0.3 is 15.4 Å². The van der Waals surface area contributed by atoms with Gasteiger partial charge in [-0.25, -0.2) is 4.79 Å². The van der Waals surface area contributed by atoms with E-state index >= 15 is 0 Å². The summed E-state index contributed by atoms with van der Waals surface area (Å²) in [5.74, 6) is -0.764. The zero-order valence-corrected chi connectivity index (χ0v) is 13.2. The van der Waals surface area contributed by atoms with Gasteiger partial charge in [-0.05, 0) is 36.2 Å². The molecule has 0 spiro atoms. The summed E-state index contributed by atoms with van der Waals surface area (Å²) in [6.45, 7) is 3.93. The number of carbonyl (C=O) groups excluding carboxylic acids is 2. The Hall–Kier alpha value is -2.56. The van der Waals surface area contributed by atoms with E-state index in [1.807, 2.05) is 49.4 Å². The molecule has 0 aliphatic carbocycles. The lowest BCUT2D eigenvalue weighted by molar-refractivity contribution is -0.150. The topological polar surface area (TPSA) is 67.4 Å². The first kappa shape index (κ1) is 15.3. The van der Waals surface area contributed by atoms with Gasteiger partial charge >= 0.3 is 12.0 Å². The van der Waals surface area contributed by atoms with Crippen LogP contribution in [0.4, 0.5) is 4.79 Å². The van der Waals surface area contributed by atoms with Crippen LogP contribution in [0.5, 0.6) is 0 Å². The Balaban J connectivity index is 2.00. The van der Waals surface area contributed by atoms with Crippen LogP contribution in [0, 0.1) is 5.92 Å². The van der Waals surface area contributed by atoms with Crippen molar-refractivity contribution in [3.63, 3.8) is 0 Å². The number of rotatable bonds is 3. The van der Waals surface area contributed by atoms with Crippen molar-refractivity contribution in [1.82, 2.24) is 10.6 Å². The van der Waals surface area contributed by atoms with Crippen molar-refractivity contribution in [2.45, 2.75) is 25.9 Å². The van der Waals surface area contributed by atoms with E-state index in [0.717, 1.165) is 16.3 Å². The van der Waals surface area contributed by atoms with Crippen LogP contribution in [0.15, 0.2) is 42.5 Å². The minimum absolute atomic E-state index is 0.267. The van der Waals surface area contributed by atoms with Gasteiger partial charge in [-0.3, -0.25) is 4.79 Å². The molecule has 1 aliphatic heterocycles. The highest BCUT2D eigenvalue weighted by Crippen LogP contribution is 2.30. The lowest BCUT2D eigenvalue weighted by atomic mass is 9.85. The number of urea groups is 1. The van der Waals surface area contributed by atoms with Gasteiger partial charge in [0.25, 0.3) is 0 Å². The molecule has 120 valence electrons. The SMILES string of the molecule is CCOC(=O)C1C(C)NC(=O)NC1c1ccc2ccccc2c1. The molecular formula is C18H20N2O3. The summed E-state index contributed by atoms with van der Waals surface area (Å²) in [5.41, 5.74) is 0.906. The Bertz CT molecular complexity index is 744. The molecule has 0 bridgehead atoms. The highest BCUT2D eigenvalue weighted by Gasteiger charge is 2.40.